The highest BCUT2D eigenvalue weighted by molar-refractivity contribution is 5.91. The minimum atomic E-state index is -0.784. The predicted molar refractivity (Wildman–Crippen MR) is 94.3 cm³/mol. The van der Waals surface area contributed by atoms with Crippen molar-refractivity contribution in [3.63, 3.8) is 0 Å². The molecule has 0 saturated heterocycles. The minimum absolute atomic E-state index is 0.0960. The van der Waals surface area contributed by atoms with Gasteiger partial charge in [-0.05, 0) is 54.4 Å². The first-order valence-corrected chi connectivity index (χ1v) is 8.50. The third-order valence-electron chi connectivity index (χ3n) is 2.70. The van der Waals surface area contributed by atoms with E-state index in [4.69, 9.17) is 14.4 Å². The van der Waals surface area contributed by atoms with Crippen molar-refractivity contribution in [2.45, 2.75) is 78.0 Å². The fraction of sp³-hybridized carbons (Fsp3) is 0.824. The molecule has 1 atom stereocenters. The fourth-order valence-electron chi connectivity index (χ4n) is 1.81. The molecule has 0 saturated carbocycles. The molecule has 9 heteroatoms. The summed E-state index contributed by atoms with van der Waals surface area (Å²) in [6.45, 7) is 10.5. The van der Waals surface area contributed by atoms with Gasteiger partial charge in [-0.25, -0.2) is 19.4 Å². The van der Waals surface area contributed by atoms with E-state index in [2.05, 4.69) is 15.5 Å². The maximum Gasteiger partial charge on any atom is 0.414 e. The maximum absolute atomic E-state index is 11.8. The number of amides is 3. The summed E-state index contributed by atoms with van der Waals surface area (Å²) in [5.41, 5.74) is -1.30. The van der Waals surface area contributed by atoms with Crippen LogP contribution in [0.15, 0.2) is 0 Å². The maximum atomic E-state index is 11.8. The van der Waals surface area contributed by atoms with Crippen molar-refractivity contribution in [1.29, 1.82) is 0 Å². The molecule has 26 heavy (non-hydrogen) atoms. The molecule has 0 bridgehead atoms. The van der Waals surface area contributed by atoms with Gasteiger partial charge in [0.25, 0.3) is 0 Å². The average Bonchev–Trinajstić information content (AvgIpc) is 2.39. The van der Waals surface area contributed by atoms with Crippen LogP contribution in [0, 0.1) is 0 Å². The van der Waals surface area contributed by atoms with E-state index >= 15 is 0 Å². The second kappa shape index (κ2) is 11.0. The molecule has 0 aliphatic rings. The van der Waals surface area contributed by atoms with Crippen molar-refractivity contribution in [2.75, 3.05) is 13.7 Å². The van der Waals surface area contributed by atoms with E-state index in [1.807, 2.05) is 0 Å². The van der Waals surface area contributed by atoms with Crippen molar-refractivity contribution in [3.05, 3.63) is 0 Å². The molecule has 0 aromatic carbocycles. The van der Waals surface area contributed by atoms with Crippen molar-refractivity contribution in [2.24, 2.45) is 0 Å². The van der Waals surface area contributed by atoms with Crippen molar-refractivity contribution in [1.82, 2.24) is 10.6 Å². The van der Waals surface area contributed by atoms with Crippen LogP contribution in [-0.2, 0) is 24.0 Å². The Balaban J connectivity index is 4.33. The summed E-state index contributed by atoms with van der Waals surface area (Å²) < 4.78 is 10.2. The number of imide groups is 1. The Morgan fingerprint density at radius 1 is 0.923 bits per heavy atom. The van der Waals surface area contributed by atoms with Crippen LogP contribution in [0.3, 0.4) is 0 Å². The number of nitrogens with one attached hydrogen (secondary N) is 2. The quantitative estimate of drug-likeness (QED) is 0.495. The van der Waals surface area contributed by atoms with E-state index in [9.17, 15) is 14.4 Å². The second-order valence-electron chi connectivity index (χ2n) is 7.74. The van der Waals surface area contributed by atoms with Gasteiger partial charge < -0.3 is 14.8 Å². The highest BCUT2D eigenvalue weighted by Gasteiger charge is 2.21. The molecule has 0 fully saturated rings. The summed E-state index contributed by atoms with van der Waals surface area (Å²) in [4.78, 5) is 44.5. The Kier molecular flexibility index (Phi) is 10.2. The first kappa shape index (κ1) is 24.1. The van der Waals surface area contributed by atoms with Gasteiger partial charge in [0.15, 0.2) is 0 Å². The van der Waals surface area contributed by atoms with Crippen LogP contribution in [0.1, 0.15) is 60.8 Å². The highest BCUT2D eigenvalue weighted by Crippen LogP contribution is 2.09. The Morgan fingerprint density at radius 3 is 1.96 bits per heavy atom. The molecular formula is C17H32N2O7. The molecule has 0 aliphatic carbocycles. The number of hydrogen-bond donors (Lipinski definition) is 2. The highest BCUT2D eigenvalue weighted by atomic mass is 17.2. The molecule has 0 radical (unpaired) electrons. The molecule has 2 N–H and O–H groups in total. The molecule has 3 amide bonds. The zero-order valence-corrected chi connectivity index (χ0v) is 16.8. The van der Waals surface area contributed by atoms with Crippen LogP contribution in [0.2, 0.25) is 0 Å². The number of ether oxygens (including phenoxy) is 2. The lowest BCUT2D eigenvalue weighted by atomic mass is 10.1. The molecular weight excluding hydrogens is 344 g/mol. The summed E-state index contributed by atoms with van der Waals surface area (Å²) in [7, 11) is 1.36. The van der Waals surface area contributed by atoms with Crippen molar-refractivity contribution >= 4 is 18.1 Å². The zero-order chi connectivity index (χ0) is 20.4. The third kappa shape index (κ3) is 14.5. The molecule has 152 valence electrons. The molecule has 0 aromatic rings. The van der Waals surface area contributed by atoms with Gasteiger partial charge in [-0.2, -0.15) is 0 Å². The van der Waals surface area contributed by atoms with Crippen molar-refractivity contribution in [3.8, 4) is 0 Å². The van der Waals surface area contributed by atoms with Crippen LogP contribution in [0.5, 0.6) is 0 Å². The Labute approximate surface area is 155 Å². The largest absolute Gasteiger partial charge is 0.444 e. The number of hydrogen-bond acceptors (Lipinski definition) is 7. The lowest BCUT2D eigenvalue weighted by molar-refractivity contribution is -0.275. The standard InChI is InChI=1S/C17H32N2O7/c1-16(2,3)25-14(21)18-12(11-24-23-7)9-8-10-13(20)19-15(22)26-17(4,5)6/h12H,8-11H2,1-7H3,(H,18,21)(H,19,20,22). The Hall–Kier alpha value is -1.87. The van der Waals surface area contributed by atoms with Gasteiger partial charge in [0, 0.05) is 6.42 Å². The van der Waals surface area contributed by atoms with E-state index in [1.54, 1.807) is 41.5 Å². The van der Waals surface area contributed by atoms with Crippen LogP contribution in [-0.4, -0.2) is 49.1 Å². The topological polar surface area (TPSA) is 112 Å². The summed E-state index contributed by atoms with van der Waals surface area (Å²) >= 11 is 0. The van der Waals surface area contributed by atoms with E-state index in [0.717, 1.165) is 0 Å². The van der Waals surface area contributed by atoms with Crippen LogP contribution >= 0.6 is 0 Å². The van der Waals surface area contributed by atoms with Gasteiger partial charge in [0.1, 0.15) is 17.8 Å². The summed E-state index contributed by atoms with van der Waals surface area (Å²) in [6, 6.07) is -0.404. The average molecular weight is 376 g/mol. The molecule has 0 rings (SSSR count). The minimum Gasteiger partial charge on any atom is -0.444 e. The van der Waals surface area contributed by atoms with E-state index in [1.165, 1.54) is 7.11 Å². The van der Waals surface area contributed by atoms with Crippen LogP contribution in [0.25, 0.3) is 0 Å². The molecule has 0 heterocycles. The van der Waals surface area contributed by atoms with E-state index in [-0.39, 0.29) is 13.0 Å². The smallest absolute Gasteiger partial charge is 0.414 e. The first-order chi connectivity index (χ1) is 11.8. The first-order valence-electron chi connectivity index (χ1n) is 8.50. The number of alkyl carbamates (subject to hydrolysis) is 2. The number of carbonyl (C=O) groups is 3. The second-order valence-corrected chi connectivity index (χ2v) is 7.74. The number of rotatable bonds is 8. The summed E-state index contributed by atoms with van der Waals surface area (Å²) in [5, 5.41) is 4.82. The van der Waals surface area contributed by atoms with Gasteiger partial charge in [-0.15, -0.1) is 0 Å². The fourth-order valence-corrected chi connectivity index (χ4v) is 1.81. The molecule has 9 nitrogen and oxygen atoms in total. The summed E-state index contributed by atoms with van der Waals surface area (Å²) in [5.74, 6) is -0.456. The predicted octanol–water partition coefficient (Wildman–Crippen LogP) is 2.68. The van der Waals surface area contributed by atoms with Gasteiger partial charge in [0.05, 0.1) is 13.2 Å². The Morgan fingerprint density at radius 2 is 1.46 bits per heavy atom. The molecule has 0 spiro atoms. The SMILES string of the molecule is COOCC(CCCC(=O)NC(=O)OC(C)(C)C)NC(=O)OC(C)(C)C. The van der Waals surface area contributed by atoms with E-state index < -0.39 is 35.3 Å². The molecule has 0 aliphatic heterocycles. The van der Waals surface area contributed by atoms with E-state index in [0.29, 0.717) is 12.8 Å². The normalized spacial score (nSPS) is 12.9. The lowest BCUT2D eigenvalue weighted by Crippen LogP contribution is -2.41. The van der Waals surface area contributed by atoms with Crippen LogP contribution < -0.4 is 10.6 Å². The van der Waals surface area contributed by atoms with Gasteiger partial charge in [0.2, 0.25) is 5.91 Å². The van der Waals surface area contributed by atoms with Gasteiger partial charge in [-0.3, -0.25) is 10.1 Å². The monoisotopic (exact) mass is 376 g/mol. The third-order valence-corrected chi connectivity index (χ3v) is 2.70. The zero-order valence-electron chi connectivity index (χ0n) is 16.8. The van der Waals surface area contributed by atoms with Crippen LogP contribution in [0.4, 0.5) is 9.59 Å². The Bertz CT molecular complexity index is 467. The molecule has 0 aromatic heterocycles. The lowest BCUT2D eigenvalue weighted by Gasteiger charge is -2.23. The molecule has 1 unspecified atom stereocenters. The van der Waals surface area contributed by atoms with Crippen molar-refractivity contribution < 1.29 is 33.6 Å². The van der Waals surface area contributed by atoms with Gasteiger partial charge in [-0.1, -0.05) is 0 Å². The number of carbonyl (C=O) groups excluding carboxylic acids is 3. The van der Waals surface area contributed by atoms with Gasteiger partial charge >= 0.3 is 12.2 Å². The summed E-state index contributed by atoms with van der Waals surface area (Å²) in [6.07, 6.45) is -0.417.